The van der Waals surface area contributed by atoms with Crippen LogP contribution in [0.25, 0.3) is 0 Å². The Balaban J connectivity index is 2.01. The highest BCUT2D eigenvalue weighted by Gasteiger charge is 2.19. The summed E-state index contributed by atoms with van der Waals surface area (Å²) in [7, 11) is 1.61. The van der Waals surface area contributed by atoms with Gasteiger partial charge in [0.25, 0.3) is 0 Å². The predicted octanol–water partition coefficient (Wildman–Crippen LogP) is 3.35. The van der Waals surface area contributed by atoms with E-state index in [0.29, 0.717) is 12.2 Å². The Morgan fingerprint density at radius 1 is 1.14 bits per heavy atom. The molecular weight excluding hydrogens is 344 g/mol. The molecule has 114 valence electrons. The van der Waals surface area contributed by atoms with E-state index in [1.54, 1.807) is 13.1 Å². The van der Waals surface area contributed by atoms with Crippen molar-refractivity contribution in [3.8, 4) is 0 Å². The average Bonchev–Trinajstić information content (AvgIpc) is 2.50. The van der Waals surface area contributed by atoms with Gasteiger partial charge in [-0.15, -0.1) is 0 Å². The van der Waals surface area contributed by atoms with Gasteiger partial charge < -0.3 is 10.2 Å². The normalized spacial score (nSPS) is 10.1. The molecule has 0 fully saturated rings. The largest absolute Gasteiger partial charge is 0.333 e. The van der Waals surface area contributed by atoms with Gasteiger partial charge in [-0.3, -0.25) is 9.59 Å². The van der Waals surface area contributed by atoms with Crippen LogP contribution in [0.3, 0.4) is 0 Å². The SMILES string of the molecule is Cc1cc(Br)ccc1NC(=O)C(=O)N(C)Cc1ccccc1. The molecule has 2 aromatic carbocycles. The van der Waals surface area contributed by atoms with Crippen LogP contribution in [-0.2, 0) is 16.1 Å². The van der Waals surface area contributed by atoms with Crippen LogP contribution in [0.5, 0.6) is 0 Å². The summed E-state index contributed by atoms with van der Waals surface area (Å²) in [5.41, 5.74) is 2.50. The molecule has 2 aromatic rings. The number of nitrogens with zero attached hydrogens (tertiary/aromatic N) is 1. The lowest BCUT2D eigenvalue weighted by molar-refractivity contribution is -0.142. The van der Waals surface area contributed by atoms with Gasteiger partial charge in [-0.25, -0.2) is 0 Å². The molecule has 0 aliphatic rings. The van der Waals surface area contributed by atoms with E-state index < -0.39 is 11.8 Å². The van der Waals surface area contributed by atoms with Gasteiger partial charge >= 0.3 is 11.8 Å². The first-order chi connectivity index (χ1) is 10.5. The van der Waals surface area contributed by atoms with E-state index in [-0.39, 0.29) is 0 Å². The highest BCUT2D eigenvalue weighted by Crippen LogP contribution is 2.20. The maximum atomic E-state index is 12.1. The first-order valence-corrected chi connectivity index (χ1v) is 7.63. The minimum atomic E-state index is -0.635. The average molecular weight is 361 g/mol. The quantitative estimate of drug-likeness (QED) is 0.853. The maximum absolute atomic E-state index is 12.1. The van der Waals surface area contributed by atoms with Crippen LogP contribution in [0, 0.1) is 6.92 Å². The Morgan fingerprint density at radius 3 is 2.45 bits per heavy atom. The monoisotopic (exact) mass is 360 g/mol. The van der Waals surface area contributed by atoms with Crippen LogP contribution in [0.2, 0.25) is 0 Å². The molecule has 4 nitrogen and oxygen atoms in total. The number of carbonyl (C=O) groups excluding carboxylic acids is 2. The molecule has 0 unspecified atom stereocenters. The van der Waals surface area contributed by atoms with Gasteiger partial charge in [-0.05, 0) is 36.2 Å². The molecule has 0 radical (unpaired) electrons. The minimum absolute atomic E-state index is 0.395. The Bertz CT molecular complexity index is 686. The van der Waals surface area contributed by atoms with E-state index in [4.69, 9.17) is 0 Å². The first-order valence-electron chi connectivity index (χ1n) is 6.84. The zero-order valence-electron chi connectivity index (χ0n) is 12.5. The summed E-state index contributed by atoms with van der Waals surface area (Å²) >= 11 is 3.36. The second-order valence-corrected chi connectivity index (χ2v) is 5.98. The number of benzene rings is 2. The number of aryl methyl sites for hydroxylation is 1. The number of likely N-dealkylation sites (N-methyl/N-ethyl adjacent to an activating group) is 1. The van der Waals surface area contributed by atoms with Crippen LogP contribution in [-0.4, -0.2) is 23.8 Å². The van der Waals surface area contributed by atoms with Gasteiger partial charge in [-0.1, -0.05) is 46.3 Å². The van der Waals surface area contributed by atoms with Crippen LogP contribution in [0.4, 0.5) is 5.69 Å². The smallest absolute Gasteiger partial charge is 0.313 e. The van der Waals surface area contributed by atoms with E-state index in [1.165, 1.54) is 4.90 Å². The number of nitrogens with one attached hydrogen (secondary N) is 1. The van der Waals surface area contributed by atoms with E-state index in [0.717, 1.165) is 15.6 Å². The molecule has 0 spiro atoms. The number of rotatable bonds is 3. The van der Waals surface area contributed by atoms with Crippen LogP contribution in [0.1, 0.15) is 11.1 Å². The standard InChI is InChI=1S/C17H17BrN2O2/c1-12-10-14(18)8-9-15(12)19-16(21)17(22)20(2)11-13-6-4-3-5-7-13/h3-10H,11H2,1-2H3,(H,19,21). The van der Waals surface area contributed by atoms with Crippen molar-refractivity contribution in [2.24, 2.45) is 0 Å². The number of anilines is 1. The van der Waals surface area contributed by atoms with Crippen molar-refractivity contribution < 1.29 is 9.59 Å². The van der Waals surface area contributed by atoms with Crippen molar-refractivity contribution in [2.75, 3.05) is 12.4 Å². The van der Waals surface area contributed by atoms with Gasteiger partial charge in [0.2, 0.25) is 0 Å². The highest BCUT2D eigenvalue weighted by molar-refractivity contribution is 9.10. The van der Waals surface area contributed by atoms with Crippen molar-refractivity contribution in [2.45, 2.75) is 13.5 Å². The zero-order valence-corrected chi connectivity index (χ0v) is 14.1. The molecule has 0 saturated heterocycles. The second kappa shape index (κ2) is 7.22. The molecule has 0 aliphatic heterocycles. The van der Waals surface area contributed by atoms with E-state index >= 15 is 0 Å². The molecule has 22 heavy (non-hydrogen) atoms. The molecule has 5 heteroatoms. The number of hydrogen-bond donors (Lipinski definition) is 1. The fourth-order valence-corrected chi connectivity index (χ4v) is 2.52. The van der Waals surface area contributed by atoms with Crippen molar-refractivity contribution in [3.05, 3.63) is 64.1 Å². The minimum Gasteiger partial charge on any atom is -0.333 e. The summed E-state index contributed by atoms with van der Waals surface area (Å²) in [4.78, 5) is 25.6. The molecule has 1 N–H and O–H groups in total. The van der Waals surface area contributed by atoms with Gasteiger partial charge in [0.1, 0.15) is 0 Å². The van der Waals surface area contributed by atoms with Crippen LogP contribution >= 0.6 is 15.9 Å². The van der Waals surface area contributed by atoms with Crippen molar-refractivity contribution >= 4 is 33.4 Å². The molecular formula is C17H17BrN2O2. The second-order valence-electron chi connectivity index (χ2n) is 5.06. The first kappa shape index (κ1) is 16.2. The molecule has 2 rings (SSSR count). The van der Waals surface area contributed by atoms with E-state index in [2.05, 4.69) is 21.2 Å². The number of carbonyl (C=O) groups is 2. The summed E-state index contributed by atoms with van der Waals surface area (Å²) in [6, 6.07) is 15.0. The van der Waals surface area contributed by atoms with Gasteiger partial charge in [0.15, 0.2) is 0 Å². The molecule has 0 aromatic heterocycles. The lowest BCUT2D eigenvalue weighted by Crippen LogP contribution is -2.36. The summed E-state index contributed by atoms with van der Waals surface area (Å²) < 4.78 is 0.926. The van der Waals surface area contributed by atoms with Crippen molar-refractivity contribution in [1.82, 2.24) is 4.90 Å². The maximum Gasteiger partial charge on any atom is 0.313 e. The molecule has 0 aliphatic carbocycles. The topological polar surface area (TPSA) is 49.4 Å². The Hall–Kier alpha value is -2.14. The molecule has 0 bridgehead atoms. The summed E-state index contributed by atoms with van der Waals surface area (Å²) in [5, 5.41) is 2.65. The van der Waals surface area contributed by atoms with E-state index in [9.17, 15) is 9.59 Å². The van der Waals surface area contributed by atoms with Crippen molar-refractivity contribution in [3.63, 3.8) is 0 Å². The molecule has 0 heterocycles. The predicted molar refractivity (Wildman–Crippen MR) is 90.4 cm³/mol. The van der Waals surface area contributed by atoms with Crippen LogP contribution < -0.4 is 5.32 Å². The van der Waals surface area contributed by atoms with Gasteiger partial charge in [-0.2, -0.15) is 0 Å². The third-order valence-electron chi connectivity index (χ3n) is 3.24. The highest BCUT2D eigenvalue weighted by atomic mass is 79.9. The third kappa shape index (κ3) is 4.18. The molecule has 0 atom stereocenters. The molecule has 0 saturated carbocycles. The van der Waals surface area contributed by atoms with Crippen molar-refractivity contribution in [1.29, 1.82) is 0 Å². The fraction of sp³-hybridized carbons (Fsp3) is 0.176. The Morgan fingerprint density at radius 2 is 1.82 bits per heavy atom. The van der Waals surface area contributed by atoms with Gasteiger partial charge in [0.05, 0.1) is 0 Å². The van der Waals surface area contributed by atoms with Gasteiger partial charge in [0, 0.05) is 23.8 Å². The zero-order chi connectivity index (χ0) is 16.1. The molecule has 2 amide bonds. The van der Waals surface area contributed by atoms with E-state index in [1.807, 2.05) is 49.4 Å². The summed E-state index contributed by atoms with van der Waals surface area (Å²) in [6.45, 7) is 2.27. The van der Waals surface area contributed by atoms with Crippen LogP contribution in [0.15, 0.2) is 53.0 Å². The Kier molecular flexibility index (Phi) is 5.33. The number of amides is 2. The lowest BCUT2D eigenvalue weighted by Gasteiger charge is -2.17. The number of hydrogen-bond acceptors (Lipinski definition) is 2. The lowest BCUT2D eigenvalue weighted by atomic mass is 10.2. The fourth-order valence-electron chi connectivity index (χ4n) is 2.05. The third-order valence-corrected chi connectivity index (χ3v) is 3.73. The number of halogens is 1. The summed E-state index contributed by atoms with van der Waals surface area (Å²) in [6.07, 6.45) is 0. The Labute approximate surface area is 138 Å². The summed E-state index contributed by atoms with van der Waals surface area (Å²) in [5.74, 6) is -1.20.